The molecule has 0 saturated carbocycles. The molecule has 1 N–H and O–H groups in total. The predicted molar refractivity (Wildman–Crippen MR) is 68.8 cm³/mol. The lowest BCUT2D eigenvalue weighted by Gasteiger charge is -2.05. The fourth-order valence-corrected chi connectivity index (χ4v) is 1.95. The number of aryl methyl sites for hydroxylation is 2. The summed E-state index contributed by atoms with van der Waals surface area (Å²) >= 11 is 0. The molecule has 17 heavy (non-hydrogen) atoms. The number of nitrogens with zero attached hydrogens (tertiary/aromatic N) is 4. The molecule has 0 aliphatic rings. The molecule has 0 bridgehead atoms. The first-order valence-corrected chi connectivity index (χ1v) is 5.72. The van der Waals surface area contributed by atoms with Gasteiger partial charge in [-0.25, -0.2) is 0 Å². The van der Waals surface area contributed by atoms with Crippen LogP contribution in [0.15, 0.2) is 0 Å². The second kappa shape index (κ2) is 3.91. The minimum atomic E-state index is 0.894. The van der Waals surface area contributed by atoms with Crippen molar-refractivity contribution in [3.8, 4) is 5.82 Å². The van der Waals surface area contributed by atoms with Crippen LogP contribution in [0.25, 0.3) is 5.82 Å². The number of hydrogen-bond acceptors (Lipinski definition) is 3. The average molecular weight is 233 g/mol. The highest BCUT2D eigenvalue weighted by Gasteiger charge is 2.17. The fraction of sp³-hybridized carbons (Fsp3) is 0.500. The molecule has 2 rings (SSSR count). The molecule has 0 aromatic carbocycles. The Hall–Kier alpha value is -1.78. The minimum absolute atomic E-state index is 0.894. The maximum atomic E-state index is 4.54. The summed E-state index contributed by atoms with van der Waals surface area (Å²) < 4.78 is 3.77. The number of nitrogens with one attached hydrogen (secondary N) is 1. The molecule has 0 atom stereocenters. The van der Waals surface area contributed by atoms with Crippen LogP contribution in [-0.2, 0) is 7.05 Å². The molecule has 0 fully saturated rings. The molecule has 92 valence electrons. The Morgan fingerprint density at radius 3 is 2.12 bits per heavy atom. The van der Waals surface area contributed by atoms with Crippen molar-refractivity contribution in [2.24, 2.45) is 7.05 Å². The lowest BCUT2D eigenvalue weighted by molar-refractivity contribution is 0.713. The Balaban J connectivity index is 2.68. The van der Waals surface area contributed by atoms with E-state index in [0.717, 1.165) is 34.2 Å². The van der Waals surface area contributed by atoms with E-state index in [9.17, 15) is 0 Å². The van der Waals surface area contributed by atoms with Gasteiger partial charge in [-0.3, -0.25) is 4.68 Å². The zero-order valence-electron chi connectivity index (χ0n) is 11.3. The van der Waals surface area contributed by atoms with Crippen molar-refractivity contribution in [3.05, 3.63) is 22.5 Å². The van der Waals surface area contributed by atoms with E-state index >= 15 is 0 Å². The molecule has 0 aliphatic carbocycles. The van der Waals surface area contributed by atoms with E-state index in [0.29, 0.717) is 0 Å². The van der Waals surface area contributed by atoms with Gasteiger partial charge in [0.2, 0.25) is 0 Å². The van der Waals surface area contributed by atoms with Crippen LogP contribution in [0.4, 0.5) is 5.82 Å². The molecule has 0 saturated heterocycles. The number of aromatic nitrogens is 4. The van der Waals surface area contributed by atoms with E-state index in [1.54, 1.807) is 0 Å². The summed E-state index contributed by atoms with van der Waals surface area (Å²) in [7, 11) is 3.86. The first kappa shape index (κ1) is 11.7. The van der Waals surface area contributed by atoms with E-state index in [1.165, 1.54) is 0 Å². The van der Waals surface area contributed by atoms with Crippen molar-refractivity contribution in [1.29, 1.82) is 0 Å². The summed E-state index contributed by atoms with van der Waals surface area (Å²) in [6.07, 6.45) is 0. The lowest BCUT2D eigenvalue weighted by Crippen LogP contribution is -2.05. The Labute approximate surface area is 101 Å². The zero-order chi connectivity index (χ0) is 12.7. The van der Waals surface area contributed by atoms with Crippen molar-refractivity contribution in [1.82, 2.24) is 19.6 Å². The van der Waals surface area contributed by atoms with Crippen LogP contribution in [0.1, 0.15) is 22.5 Å². The summed E-state index contributed by atoms with van der Waals surface area (Å²) in [5, 5.41) is 12.3. The van der Waals surface area contributed by atoms with Crippen LogP contribution < -0.4 is 5.32 Å². The molecular formula is C12H19N5. The standard InChI is InChI=1S/C12H19N5/c1-7-9(3)14-17(11(7)13-5)12-8(2)10(4)16(6)15-12/h13H,1-6H3. The van der Waals surface area contributed by atoms with Crippen LogP contribution in [0.3, 0.4) is 0 Å². The van der Waals surface area contributed by atoms with Crippen molar-refractivity contribution in [3.63, 3.8) is 0 Å². The van der Waals surface area contributed by atoms with Gasteiger partial charge in [0.05, 0.1) is 5.69 Å². The Kier molecular flexibility index (Phi) is 2.69. The number of rotatable bonds is 2. The van der Waals surface area contributed by atoms with Gasteiger partial charge in [-0.05, 0) is 27.7 Å². The fourth-order valence-electron chi connectivity index (χ4n) is 1.95. The molecule has 2 heterocycles. The molecule has 2 aromatic heterocycles. The smallest absolute Gasteiger partial charge is 0.180 e. The zero-order valence-corrected chi connectivity index (χ0v) is 11.3. The van der Waals surface area contributed by atoms with E-state index < -0.39 is 0 Å². The van der Waals surface area contributed by atoms with Crippen LogP contribution in [0.5, 0.6) is 0 Å². The topological polar surface area (TPSA) is 47.7 Å². The molecule has 2 aromatic rings. The van der Waals surface area contributed by atoms with Crippen LogP contribution in [0.2, 0.25) is 0 Å². The lowest BCUT2D eigenvalue weighted by atomic mass is 10.2. The molecule has 0 unspecified atom stereocenters. The van der Waals surface area contributed by atoms with Crippen LogP contribution in [0, 0.1) is 27.7 Å². The summed E-state index contributed by atoms with van der Waals surface area (Å²) in [5.74, 6) is 1.90. The van der Waals surface area contributed by atoms with E-state index in [-0.39, 0.29) is 0 Å². The van der Waals surface area contributed by atoms with E-state index in [2.05, 4.69) is 36.3 Å². The first-order valence-electron chi connectivity index (χ1n) is 5.72. The van der Waals surface area contributed by atoms with Gasteiger partial charge in [0.15, 0.2) is 5.82 Å². The molecular weight excluding hydrogens is 214 g/mol. The largest absolute Gasteiger partial charge is 0.373 e. The van der Waals surface area contributed by atoms with E-state index in [1.807, 2.05) is 30.4 Å². The van der Waals surface area contributed by atoms with Gasteiger partial charge >= 0.3 is 0 Å². The van der Waals surface area contributed by atoms with Gasteiger partial charge in [-0.2, -0.15) is 14.9 Å². The summed E-state index contributed by atoms with van der Waals surface area (Å²) in [4.78, 5) is 0. The van der Waals surface area contributed by atoms with Gasteiger partial charge in [0.1, 0.15) is 5.82 Å². The van der Waals surface area contributed by atoms with Gasteiger partial charge in [0.25, 0.3) is 0 Å². The molecule has 0 radical (unpaired) electrons. The molecule has 0 spiro atoms. The maximum Gasteiger partial charge on any atom is 0.180 e. The monoisotopic (exact) mass is 233 g/mol. The third-order valence-corrected chi connectivity index (χ3v) is 3.41. The van der Waals surface area contributed by atoms with Crippen LogP contribution >= 0.6 is 0 Å². The van der Waals surface area contributed by atoms with Gasteiger partial charge < -0.3 is 5.32 Å². The highest BCUT2D eigenvalue weighted by molar-refractivity contribution is 5.52. The van der Waals surface area contributed by atoms with Crippen molar-refractivity contribution in [2.45, 2.75) is 27.7 Å². The minimum Gasteiger partial charge on any atom is -0.373 e. The Morgan fingerprint density at radius 2 is 1.65 bits per heavy atom. The van der Waals surface area contributed by atoms with E-state index in [4.69, 9.17) is 0 Å². The number of hydrogen-bond donors (Lipinski definition) is 1. The summed E-state index contributed by atoms with van der Waals surface area (Å²) in [6, 6.07) is 0. The summed E-state index contributed by atoms with van der Waals surface area (Å²) in [5.41, 5.74) is 4.51. The highest BCUT2D eigenvalue weighted by Crippen LogP contribution is 2.24. The van der Waals surface area contributed by atoms with Crippen molar-refractivity contribution < 1.29 is 0 Å². The molecule has 0 amide bonds. The first-order chi connectivity index (χ1) is 7.97. The Bertz CT molecular complexity index is 562. The Morgan fingerprint density at radius 1 is 1.00 bits per heavy atom. The highest BCUT2D eigenvalue weighted by atomic mass is 15.4. The SMILES string of the molecule is CNc1c(C)c(C)nn1-c1nn(C)c(C)c1C. The van der Waals surface area contributed by atoms with Crippen molar-refractivity contribution >= 4 is 5.82 Å². The quantitative estimate of drug-likeness (QED) is 0.861. The number of anilines is 1. The molecule has 5 heteroatoms. The average Bonchev–Trinajstić information content (AvgIpc) is 2.72. The normalized spacial score (nSPS) is 10.9. The molecule has 0 aliphatic heterocycles. The van der Waals surface area contributed by atoms with Gasteiger partial charge in [-0.1, -0.05) is 0 Å². The maximum absolute atomic E-state index is 4.54. The summed E-state index contributed by atoms with van der Waals surface area (Å²) in [6.45, 7) is 8.21. The third kappa shape index (κ3) is 1.62. The van der Waals surface area contributed by atoms with Crippen molar-refractivity contribution in [2.75, 3.05) is 12.4 Å². The second-order valence-corrected chi connectivity index (χ2v) is 4.38. The van der Waals surface area contributed by atoms with Gasteiger partial charge in [0, 0.05) is 30.9 Å². The van der Waals surface area contributed by atoms with Crippen LogP contribution in [-0.4, -0.2) is 26.6 Å². The third-order valence-electron chi connectivity index (χ3n) is 3.41. The molecule has 5 nitrogen and oxygen atoms in total. The van der Waals surface area contributed by atoms with Gasteiger partial charge in [-0.15, -0.1) is 0 Å². The second-order valence-electron chi connectivity index (χ2n) is 4.38. The predicted octanol–water partition coefficient (Wildman–Crippen LogP) is 1.88.